The third kappa shape index (κ3) is 5.24. The Labute approximate surface area is 142 Å². The molecule has 6 nitrogen and oxygen atoms in total. The van der Waals surface area contributed by atoms with Crippen molar-refractivity contribution in [2.75, 3.05) is 18.5 Å². The number of nitrogens with zero attached hydrogens (tertiary/aromatic N) is 1. The average Bonchev–Trinajstić information content (AvgIpc) is 2.54. The van der Waals surface area contributed by atoms with E-state index in [0.717, 1.165) is 11.4 Å². The highest BCUT2D eigenvalue weighted by molar-refractivity contribution is 5.99. The highest BCUT2D eigenvalue weighted by atomic mass is 16.5. The molecule has 6 heteroatoms. The van der Waals surface area contributed by atoms with E-state index in [0.29, 0.717) is 24.5 Å². The van der Waals surface area contributed by atoms with E-state index >= 15 is 0 Å². The van der Waals surface area contributed by atoms with Crippen LogP contribution in [0, 0.1) is 0 Å². The Kier molecular flexibility index (Phi) is 5.76. The minimum atomic E-state index is -0.472. The second kappa shape index (κ2) is 7.79. The average molecular weight is 328 g/mol. The van der Waals surface area contributed by atoms with E-state index in [4.69, 9.17) is 10.5 Å². The topological polar surface area (TPSA) is 89.3 Å². The van der Waals surface area contributed by atoms with Crippen molar-refractivity contribution in [1.82, 2.24) is 10.3 Å². The second-order valence-electron chi connectivity index (χ2n) is 6.15. The first-order chi connectivity index (χ1) is 11.4. The van der Waals surface area contributed by atoms with Gasteiger partial charge in [-0.15, -0.1) is 0 Å². The number of carbonyl (C=O) groups is 1. The van der Waals surface area contributed by atoms with Crippen molar-refractivity contribution in [3.63, 3.8) is 0 Å². The molecular formula is C18H24N4O2. The molecule has 0 unspecified atom stereocenters. The van der Waals surface area contributed by atoms with Crippen molar-refractivity contribution in [2.24, 2.45) is 5.73 Å². The molecule has 0 spiro atoms. The van der Waals surface area contributed by atoms with E-state index in [9.17, 15) is 4.79 Å². The number of amides is 1. The van der Waals surface area contributed by atoms with Gasteiger partial charge in [0.05, 0.1) is 12.2 Å². The monoisotopic (exact) mass is 328 g/mol. The summed E-state index contributed by atoms with van der Waals surface area (Å²) in [5.41, 5.74) is 6.73. The maximum absolute atomic E-state index is 12.4. The highest BCUT2D eigenvalue weighted by Gasteiger charge is 2.16. The zero-order valence-electron chi connectivity index (χ0n) is 14.3. The minimum Gasteiger partial charge on any atom is -0.494 e. The quantitative estimate of drug-likeness (QED) is 0.727. The van der Waals surface area contributed by atoms with Crippen LogP contribution in [0.5, 0.6) is 5.75 Å². The SMILES string of the molecule is CCOc1ccc(Nc2ncccc2C(=O)NCC(C)(C)N)cc1. The lowest BCUT2D eigenvalue weighted by Crippen LogP contribution is -2.45. The largest absolute Gasteiger partial charge is 0.494 e. The van der Waals surface area contributed by atoms with Crippen molar-refractivity contribution in [3.8, 4) is 5.75 Å². The van der Waals surface area contributed by atoms with Crippen LogP contribution in [0.3, 0.4) is 0 Å². The molecule has 0 atom stereocenters. The number of nitrogens with one attached hydrogen (secondary N) is 2. The molecule has 128 valence electrons. The lowest BCUT2D eigenvalue weighted by atomic mass is 10.1. The van der Waals surface area contributed by atoms with Crippen LogP contribution in [0.2, 0.25) is 0 Å². The molecule has 0 saturated heterocycles. The zero-order valence-corrected chi connectivity index (χ0v) is 14.3. The van der Waals surface area contributed by atoms with Crippen LogP contribution in [-0.4, -0.2) is 29.6 Å². The molecule has 4 N–H and O–H groups in total. The Morgan fingerprint density at radius 3 is 2.58 bits per heavy atom. The third-order valence-corrected chi connectivity index (χ3v) is 3.18. The predicted molar refractivity (Wildman–Crippen MR) is 95.7 cm³/mol. The molecule has 1 aromatic carbocycles. The molecule has 0 aliphatic rings. The summed E-state index contributed by atoms with van der Waals surface area (Å²) < 4.78 is 5.42. The number of aromatic nitrogens is 1. The van der Waals surface area contributed by atoms with Gasteiger partial charge in [0.15, 0.2) is 0 Å². The summed E-state index contributed by atoms with van der Waals surface area (Å²) in [6.07, 6.45) is 1.64. The van der Waals surface area contributed by atoms with Crippen LogP contribution in [-0.2, 0) is 0 Å². The van der Waals surface area contributed by atoms with Crippen LogP contribution >= 0.6 is 0 Å². The number of rotatable bonds is 7. The van der Waals surface area contributed by atoms with Crippen molar-refractivity contribution in [2.45, 2.75) is 26.3 Å². The Bertz CT molecular complexity index is 678. The van der Waals surface area contributed by atoms with Gasteiger partial charge in [-0.3, -0.25) is 4.79 Å². The Balaban J connectivity index is 2.12. The summed E-state index contributed by atoms with van der Waals surface area (Å²) in [6, 6.07) is 10.9. The van der Waals surface area contributed by atoms with Gasteiger partial charge < -0.3 is 21.1 Å². The van der Waals surface area contributed by atoms with Gasteiger partial charge in [-0.1, -0.05) is 0 Å². The molecule has 1 amide bonds. The van der Waals surface area contributed by atoms with Crippen LogP contribution in [0.4, 0.5) is 11.5 Å². The summed E-state index contributed by atoms with van der Waals surface area (Å²) >= 11 is 0. The first-order valence-electron chi connectivity index (χ1n) is 7.91. The van der Waals surface area contributed by atoms with Crippen molar-refractivity contribution in [3.05, 3.63) is 48.2 Å². The molecule has 0 radical (unpaired) electrons. The van der Waals surface area contributed by atoms with E-state index in [1.807, 2.05) is 45.0 Å². The summed E-state index contributed by atoms with van der Waals surface area (Å²) in [7, 11) is 0. The Hall–Kier alpha value is -2.60. The van der Waals surface area contributed by atoms with Gasteiger partial charge >= 0.3 is 0 Å². The van der Waals surface area contributed by atoms with Crippen molar-refractivity contribution < 1.29 is 9.53 Å². The fraction of sp³-hybridized carbons (Fsp3) is 0.333. The maximum Gasteiger partial charge on any atom is 0.255 e. The smallest absolute Gasteiger partial charge is 0.255 e. The number of anilines is 2. The fourth-order valence-corrected chi connectivity index (χ4v) is 2.03. The lowest BCUT2D eigenvalue weighted by molar-refractivity contribution is 0.0946. The van der Waals surface area contributed by atoms with Crippen LogP contribution in [0.25, 0.3) is 0 Å². The summed E-state index contributed by atoms with van der Waals surface area (Å²) in [5, 5.41) is 5.99. The molecule has 24 heavy (non-hydrogen) atoms. The molecule has 0 aliphatic carbocycles. The molecule has 0 fully saturated rings. The Morgan fingerprint density at radius 1 is 1.25 bits per heavy atom. The summed E-state index contributed by atoms with van der Waals surface area (Å²) in [4.78, 5) is 16.6. The minimum absolute atomic E-state index is 0.213. The number of hydrogen-bond acceptors (Lipinski definition) is 5. The molecule has 1 heterocycles. The highest BCUT2D eigenvalue weighted by Crippen LogP contribution is 2.21. The molecule has 1 aromatic heterocycles. The number of pyridine rings is 1. The lowest BCUT2D eigenvalue weighted by Gasteiger charge is -2.19. The molecule has 0 aliphatic heterocycles. The number of nitrogens with two attached hydrogens (primary N) is 1. The normalized spacial score (nSPS) is 11.0. The number of hydrogen-bond donors (Lipinski definition) is 3. The first-order valence-corrected chi connectivity index (χ1v) is 7.91. The van der Waals surface area contributed by atoms with E-state index < -0.39 is 5.54 Å². The maximum atomic E-state index is 12.4. The van der Waals surface area contributed by atoms with Crippen molar-refractivity contribution >= 4 is 17.4 Å². The number of ether oxygens (including phenoxy) is 1. The molecule has 2 rings (SSSR count). The first kappa shape index (κ1) is 17.7. The predicted octanol–water partition coefficient (Wildman–Crippen LogP) is 2.69. The van der Waals surface area contributed by atoms with E-state index in [1.54, 1.807) is 18.3 Å². The molecule has 0 bridgehead atoms. The molecule has 2 aromatic rings. The van der Waals surface area contributed by atoms with Gasteiger partial charge in [0, 0.05) is 24.0 Å². The van der Waals surface area contributed by atoms with Gasteiger partial charge in [0.1, 0.15) is 11.6 Å². The van der Waals surface area contributed by atoms with E-state index in [2.05, 4.69) is 15.6 Å². The summed E-state index contributed by atoms with van der Waals surface area (Å²) in [5.74, 6) is 1.08. The van der Waals surface area contributed by atoms with Crippen LogP contribution < -0.4 is 21.1 Å². The van der Waals surface area contributed by atoms with Gasteiger partial charge in [-0.2, -0.15) is 0 Å². The van der Waals surface area contributed by atoms with E-state index in [1.165, 1.54) is 0 Å². The van der Waals surface area contributed by atoms with Crippen molar-refractivity contribution in [1.29, 1.82) is 0 Å². The van der Waals surface area contributed by atoms with E-state index in [-0.39, 0.29) is 5.91 Å². The van der Waals surface area contributed by atoms with Gasteiger partial charge in [-0.25, -0.2) is 4.98 Å². The van der Waals surface area contributed by atoms with Gasteiger partial charge in [0.2, 0.25) is 0 Å². The summed E-state index contributed by atoms with van der Waals surface area (Å²) in [6.45, 7) is 6.65. The fourth-order valence-electron chi connectivity index (χ4n) is 2.03. The van der Waals surface area contributed by atoms with Gasteiger partial charge in [-0.05, 0) is 57.2 Å². The second-order valence-corrected chi connectivity index (χ2v) is 6.15. The Morgan fingerprint density at radius 2 is 1.96 bits per heavy atom. The van der Waals surface area contributed by atoms with Crippen LogP contribution in [0.1, 0.15) is 31.1 Å². The third-order valence-electron chi connectivity index (χ3n) is 3.18. The van der Waals surface area contributed by atoms with Gasteiger partial charge in [0.25, 0.3) is 5.91 Å². The standard InChI is InChI=1S/C18H24N4O2/c1-4-24-14-9-7-13(8-10-14)22-16-15(6-5-11-20-16)17(23)21-12-18(2,3)19/h5-11H,4,12,19H2,1-3H3,(H,20,22)(H,21,23). The molecule has 0 saturated carbocycles. The molecular weight excluding hydrogens is 304 g/mol. The van der Waals surface area contributed by atoms with Crippen LogP contribution in [0.15, 0.2) is 42.6 Å². The zero-order chi connectivity index (χ0) is 17.6. The number of carbonyl (C=O) groups excluding carboxylic acids is 1. The number of benzene rings is 1.